The molecule has 0 radical (unpaired) electrons. The molecular formula is C15H28N2O. The smallest absolute Gasteiger partial charge is 0.0506 e. The molecule has 1 spiro atoms. The highest BCUT2D eigenvalue weighted by atomic mass is 16.5. The second-order valence-corrected chi connectivity index (χ2v) is 6.82. The maximum absolute atomic E-state index is 5.58. The highest BCUT2D eigenvalue weighted by Gasteiger charge is 2.53. The van der Waals surface area contributed by atoms with E-state index in [0.717, 1.165) is 30.5 Å². The van der Waals surface area contributed by atoms with Crippen molar-refractivity contribution in [3.05, 3.63) is 0 Å². The van der Waals surface area contributed by atoms with Crippen molar-refractivity contribution in [1.82, 2.24) is 10.2 Å². The Bertz CT molecular complexity index is 270. The summed E-state index contributed by atoms with van der Waals surface area (Å²) in [6.07, 6.45) is 6.94. The standard InChI is InChI=1S/C15H28N2O/c1-17(10-13-3-2-8-18-12-13)11-14-9-15(14)4-6-16-7-5-15/h13-14,16H,2-12H2,1H3. The second kappa shape index (κ2) is 5.48. The van der Waals surface area contributed by atoms with Gasteiger partial charge in [0.1, 0.15) is 0 Å². The van der Waals surface area contributed by atoms with Gasteiger partial charge in [-0.1, -0.05) is 0 Å². The van der Waals surface area contributed by atoms with E-state index in [0.29, 0.717) is 0 Å². The van der Waals surface area contributed by atoms with Gasteiger partial charge in [0.2, 0.25) is 0 Å². The van der Waals surface area contributed by atoms with Crippen LogP contribution < -0.4 is 5.32 Å². The summed E-state index contributed by atoms with van der Waals surface area (Å²) in [6.45, 7) is 7.03. The second-order valence-electron chi connectivity index (χ2n) is 6.82. The molecule has 2 saturated heterocycles. The molecule has 1 saturated carbocycles. The van der Waals surface area contributed by atoms with Crippen LogP contribution >= 0.6 is 0 Å². The van der Waals surface area contributed by atoms with Crippen molar-refractivity contribution < 1.29 is 4.74 Å². The average Bonchev–Trinajstić information content (AvgIpc) is 3.02. The summed E-state index contributed by atoms with van der Waals surface area (Å²) in [7, 11) is 2.31. The first kappa shape index (κ1) is 12.9. The molecule has 0 bridgehead atoms. The number of ether oxygens (including phenoxy) is 1. The van der Waals surface area contributed by atoms with Crippen LogP contribution in [0.2, 0.25) is 0 Å². The van der Waals surface area contributed by atoms with Gasteiger partial charge in [0.25, 0.3) is 0 Å². The maximum Gasteiger partial charge on any atom is 0.0506 e. The topological polar surface area (TPSA) is 24.5 Å². The Morgan fingerprint density at radius 2 is 2.11 bits per heavy atom. The molecule has 104 valence electrons. The van der Waals surface area contributed by atoms with Crippen LogP contribution in [0.25, 0.3) is 0 Å². The highest BCUT2D eigenvalue weighted by Crippen LogP contribution is 2.58. The monoisotopic (exact) mass is 252 g/mol. The predicted molar refractivity (Wildman–Crippen MR) is 73.7 cm³/mol. The summed E-state index contributed by atoms with van der Waals surface area (Å²) in [4.78, 5) is 2.57. The van der Waals surface area contributed by atoms with Gasteiger partial charge in [-0.15, -0.1) is 0 Å². The van der Waals surface area contributed by atoms with Crippen LogP contribution in [0.15, 0.2) is 0 Å². The zero-order valence-corrected chi connectivity index (χ0v) is 11.8. The SMILES string of the molecule is CN(CC1CCCOC1)CC1CC12CCNCC2. The summed E-state index contributed by atoms with van der Waals surface area (Å²) < 4.78 is 5.58. The number of rotatable bonds is 4. The van der Waals surface area contributed by atoms with Crippen molar-refractivity contribution in [3.63, 3.8) is 0 Å². The molecule has 18 heavy (non-hydrogen) atoms. The molecule has 2 atom stereocenters. The fourth-order valence-electron chi connectivity index (χ4n) is 4.07. The van der Waals surface area contributed by atoms with Crippen LogP contribution in [0.4, 0.5) is 0 Å². The Labute approximate surface area is 111 Å². The third-order valence-corrected chi connectivity index (χ3v) is 5.31. The number of nitrogens with zero attached hydrogens (tertiary/aromatic N) is 1. The number of hydrogen-bond acceptors (Lipinski definition) is 3. The van der Waals surface area contributed by atoms with E-state index in [1.54, 1.807) is 0 Å². The summed E-state index contributed by atoms with van der Waals surface area (Å²) >= 11 is 0. The first-order valence-corrected chi connectivity index (χ1v) is 7.75. The first-order valence-electron chi connectivity index (χ1n) is 7.75. The van der Waals surface area contributed by atoms with Gasteiger partial charge < -0.3 is 15.0 Å². The molecule has 3 aliphatic rings. The van der Waals surface area contributed by atoms with Gasteiger partial charge in [0.15, 0.2) is 0 Å². The van der Waals surface area contributed by atoms with E-state index >= 15 is 0 Å². The summed E-state index contributed by atoms with van der Waals surface area (Å²) in [5.74, 6) is 1.76. The molecule has 2 unspecified atom stereocenters. The van der Waals surface area contributed by atoms with Gasteiger partial charge >= 0.3 is 0 Å². The number of nitrogens with one attached hydrogen (secondary N) is 1. The molecule has 2 aliphatic heterocycles. The van der Waals surface area contributed by atoms with Gasteiger partial charge in [-0.25, -0.2) is 0 Å². The van der Waals surface area contributed by atoms with E-state index in [9.17, 15) is 0 Å². The van der Waals surface area contributed by atoms with Gasteiger partial charge in [-0.05, 0) is 69.5 Å². The largest absolute Gasteiger partial charge is 0.381 e. The molecule has 0 aromatic heterocycles. The minimum Gasteiger partial charge on any atom is -0.381 e. The van der Waals surface area contributed by atoms with Crippen LogP contribution in [0.3, 0.4) is 0 Å². The van der Waals surface area contributed by atoms with E-state index in [2.05, 4.69) is 17.3 Å². The lowest BCUT2D eigenvalue weighted by Gasteiger charge is -2.29. The van der Waals surface area contributed by atoms with Crippen LogP contribution in [-0.4, -0.2) is 51.3 Å². The van der Waals surface area contributed by atoms with E-state index in [1.807, 2.05) is 0 Å². The third kappa shape index (κ3) is 2.89. The maximum atomic E-state index is 5.58. The summed E-state index contributed by atoms with van der Waals surface area (Å²) in [5.41, 5.74) is 0.739. The third-order valence-electron chi connectivity index (χ3n) is 5.31. The van der Waals surface area contributed by atoms with Crippen molar-refractivity contribution in [2.45, 2.75) is 32.1 Å². The lowest BCUT2D eigenvalue weighted by molar-refractivity contribution is 0.0409. The first-order chi connectivity index (χ1) is 8.78. The zero-order valence-electron chi connectivity index (χ0n) is 11.8. The quantitative estimate of drug-likeness (QED) is 0.825. The molecular weight excluding hydrogens is 224 g/mol. The van der Waals surface area contributed by atoms with Crippen molar-refractivity contribution >= 4 is 0 Å². The lowest BCUT2D eigenvalue weighted by Crippen LogP contribution is -2.34. The molecule has 3 heteroatoms. The Morgan fingerprint density at radius 1 is 1.28 bits per heavy atom. The van der Waals surface area contributed by atoms with Crippen molar-refractivity contribution in [3.8, 4) is 0 Å². The molecule has 0 aromatic rings. The molecule has 2 heterocycles. The molecule has 1 N–H and O–H groups in total. The summed E-state index contributed by atoms with van der Waals surface area (Å²) in [5, 5.41) is 3.49. The minimum absolute atomic E-state index is 0.739. The number of piperidine rings is 1. The Hall–Kier alpha value is -0.120. The normalized spacial score (nSPS) is 35.0. The van der Waals surface area contributed by atoms with Gasteiger partial charge in [-0.2, -0.15) is 0 Å². The van der Waals surface area contributed by atoms with Crippen LogP contribution in [-0.2, 0) is 4.74 Å². The fourth-order valence-corrected chi connectivity index (χ4v) is 4.07. The molecule has 0 aromatic carbocycles. The van der Waals surface area contributed by atoms with Crippen molar-refractivity contribution in [1.29, 1.82) is 0 Å². The van der Waals surface area contributed by atoms with Crippen LogP contribution in [0.5, 0.6) is 0 Å². The van der Waals surface area contributed by atoms with E-state index < -0.39 is 0 Å². The fraction of sp³-hybridized carbons (Fsp3) is 1.00. The van der Waals surface area contributed by atoms with E-state index in [-0.39, 0.29) is 0 Å². The Morgan fingerprint density at radius 3 is 2.83 bits per heavy atom. The average molecular weight is 252 g/mol. The number of hydrogen-bond donors (Lipinski definition) is 1. The van der Waals surface area contributed by atoms with E-state index in [4.69, 9.17) is 4.74 Å². The summed E-state index contributed by atoms with van der Waals surface area (Å²) in [6, 6.07) is 0. The molecule has 1 aliphatic carbocycles. The van der Waals surface area contributed by atoms with Crippen molar-refractivity contribution in [2.24, 2.45) is 17.3 Å². The molecule has 3 rings (SSSR count). The van der Waals surface area contributed by atoms with Crippen LogP contribution in [0, 0.1) is 17.3 Å². The van der Waals surface area contributed by atoms with E-state index in [1.165, 1.54) is 58.3 Å². The predicted octanol–water partition coefficient (Wildman–Crippen LogP) is 1.73. The minimum atomic E-state index is 0.739. The molecule has 3 nitrogen and oxygen atoms in total. The van der Waals surface area contributed by atoms with Crippen molar-refractivity contribution in [2.75, 3.05) is 46.4 Å². The van der Waals surface area contributed by atoms with Crippen LogP contribution in [0.1, 0.15) is 32.1 Å². The molecule has 3 fully saturated rings. The van der Waals surface area contributed by atoms with Gasteiger partial charge in [0.05, 0.1) is 6.61 Å². The highest BCUT2D eigenvalue weighted by molar-refractivity contribution is 5.05. The zero-order chi connectivity index (χ0) is 12.4. The Balaban J connectivity index is 1.40. The molecule has 0 amide bonds. The lowest BCUT2D eigenvalue weighted by atomic mass is 9.91. The Kier molecular flexibility index (Phi) is 3.92. The van der Waals surface area contributed by atoms with Gasteiger partial charge in [-0.3, -0.25) is 0 Å². The van der Waals surface area contributed by atoms with Gasteiger partial charge in [0, 0.05) is 19.7 Å².